The van der Waals surface area contributed by atoms with Crippen LogP contribution in [0.25, 0.3) is 0 Å². The summed E-state index contributed by atoms with van der Waals surface area (Å²) >= 11 is 0. The van der Waals surface area contributed by atoms with Gasteiger partial charge in [0.25, 0.3) is 0 Å². The van der Waals surface area contributed by atoms with Gasteiger partial charge in [0.2, 0.25) is 0 Å². The number of allylic oxidation sites excluding steroid dienone is 2. The molecular formula is C25H43FeN3O15. The molecule has 0 aliphatic carbocycles. The quantitative estimate of drug-likeness (QED) is 0.0282. The van der Waals surface area contributed by atoms with E-state index in [1.165, 1.54) is 34.9 Å². The van der Waals surface area contributed by atoms with Gasteiger partial charge in [-0.15, -0.1) is 0 Å². The SMILES string of the molecule is COC(=O)[C@H](CO)N(C)C(O)=CC(C)O.COC(=O)[C@H](CO)NC(O)=CC(C)=O.COC(=O)[C@H](CO)NC(O)=CC(C)=O.[Fe]. The molecule has 0 spiro atoms. The van der Waals surface area contributed by atoms with Crippen LogP contribution in [0.2, 0.25) is 0 Å². The molecule has 0 saturated carbocycles. The monoisotopic (exact) mass is 681 g/mol. The third kappa shape index (κ3) is 22.7. The summed E-state index contributed by atoms with van der Waals surface area (Å²) in [4.78, 5) is 55.1. The van der Waals surface area contributed by atoms with Crippen LogP contribution >= 0.6 is 0 Å². The number of hydrogen-bond donors (Lipinski definition) is 9. The van der Waals surface area contributed by atoms with E-state index in [0.717, 1.165) is 37.3 Å². The fraction of sp³-hybridized carbons (Fsp3) is 0.560. The normalized spacial score (nSPS) is 13.8. The van der Waals surface area contributed by atoms with Gasteiger partial charge in [0, 0.05) is 42.3 Å². The number of nitrogens with one attached hydrogen (secondary N) is 2. The van der Waals surface area contributed by atoms with Crippen molar-refractivity contribution in [2.24, 2.45) is 0 Å². The number of rotatable bonds is 15. The van der Waals surface area contributed by atoms with E-state index in [1.54, 1.807) is 0 Å². The molecule has 0 heterocycles. The summed E-state index contributed by atoms with van der Waals surface area (Å²) < 4.78 is 13.1. The van der Waals surface area contributed by atoms with Crippen molar-refractivity contribution in [3.05, 3.63) is 35.9 Å². The Morgan fingerprint density at radius 1 is 0.727 bits per heavy atom. The van der Waals surface area contributed by atoms with E-state index >= 15 is 0 Å². The second-order valence-electron chi connectivity index (χ2n) is 8.18. The average Bonchev–Trinajstić information content (AvgIpc) is 2.93. The van der Waals surface area contributed by atoms with Crippen LogP contribution in [0.3, 0.4) is 0 Å². The van der Waals surface area contributed by atoms with Crippen molar-refractivity contribution < 1.29 is 91.0 Å². The smallest absolute Gasteiger partial charge is 0.330 e. The van der Waals surface area contributed by atoms with Crippen molar-refractivity contribution >= 4 is 29.5 Å². The first-order valence-corrected chi connectivity index (χ1v) is 12.2. The standard InChI is InChI=1S/C9H17NO5.2C8H13NO5.Fe/c1-6(12)4-8(13)10(2)7(5-11)9(14)15-3;2*1-5(11)3-7(12)9-6(4-10)8(13)14-2;/h4,6-7,11-13H,5H2,1-3H3;2*3,6,9-10,12H,4H2,1-2H3;/t6?,7-;2*6-;/m000./s1. The van der Waals surface area contributed by atoms with Crippen LogP contribution in [0.5, 0.6) is 0 Å². The zero-order valence-electron chi connectivity index (χ0n) is 25.4. The van der Waals surface area contributed by atoms with Crippen LogP contribution in [0.15, 0.2) is 35.9 Å². The predicted molar refractivity (Wildman–Crippen MR) is 148 cm³/mol. The Balaban J connectivity index is -0.000000270. The molecule has 0 aliphatic rings. The van der Waals surface area contributed by atoms with Gasteiger partial charge in [0.15, 0.2) is 47.3 Å². The van der Waals surface area contributed by atoms with Gasteiger partial charge in [-0.1, -0.05) is 0 Å². The Labute approximate surface area is 265 Å². The van der Waals surface area contributed by atoms with Gasteiger partial charge >= 0.3 is 17.9 Å². The number of carbonyl (C=O) groups excluding carboxylic acids is 5. The van der Waals surface area contributed by atoms with E-state index in [-0.39, 0.29) is 34.5 Å². The summed E-state index contributed by atoms with van der Waals surface area (Å²) in [5.74, 6) is -4.14. The molecule has 0 fully saturated rings. The van der Waals surface area contributed by atoms with Crippen LogP contribution in [0.4, 0.5) is 0 Å². The molecule has 0 bridgehead atoms. The molecule has 0 radical (unpaired) electrons. The summed E-state index contributed by atoms with van der Waals surface area (Å²) in [7, 11) is 4.90. The largest absolute Gasteiger partial charge is 0.495 e. The van der Waals surface area contributed by atoms with E-state index in [1.807, 2.05) is 0 Å². The maximum Gasteiger partial charge on any atom is 0.330 e. The molecule has 256 valence electrons. The van der Waals surface area contributed by atoms with Gasteiger partial charge in [-0.25, -0.2) is 14.4 Å². The summed E-state index contributed by atoms with van der Waals surface area (Å²) in [6, 6.07) is -3.13. The number of aliphatic hydroxyl groups excluding tert-OH is 7. The molecule has 0 aromatic heterocycles. The zero-order chi connectivity index (χ0) is 34.3. The molecule has 4 atom stereocenters. The number of aliphatic hydroxyl groups is 7. The van der Waals surface area contributed by atoms with E-state index in [4.69, 9.17) is 30.6 Å². The van der Waals surface area contributed by atoms with Gasteiger partial charge in [-0.05, 0) is 20.8 Å². The maximum atomic E-state index is 11.1. The zero-order valence-corrected chi connectivity index (χ0v) is 26.5. The number of ether oxygens (including phenoxy) is 3. The summed E-state index contributed by atoms with van der Waals surface area (Å²) in [6.07, 6.45) is 2.09. The minimum absolute atomic E-state index is 0. The molecule has 44 heavy (non-hydrogen) atoms. The molecule has 0 saturated heterocycles. The third-order valence-corrected chi connectivity index (χ3v) is 4.53. The van der Waals surface area contributed by atoms with Crippen LogP contribution in [0, 0.1) is 0 Å². The summed E-state index contributed by atoms with van der Waals surface area (Å²) in [5.41, 5.74) is 0. The Kier molecular flexibility index (Phi) is 28.6. The molecule has 0 amide bonds. The van der Waals surface area contributed by atoms with Gasteiger partial charge in [-0.3, -0.25) is 9.59 Å². The number of hydrogen-bond acceptors (Lipinski definition) is 18. The average molecular weight is 681 g/mol. The van der Waals surface area contributed by atoms with Gasteiger partial charge in [-0.2, -0.15) is 0 Å². The first kappa shape index (κ1) is 47.1. The number of methoxy groups -OCH3 is 3. The van der Waals surface area contributed by atoms with Gasteiger partial charge in [0.05, 0.1) is 47.3 Å². The fourth-order valence-corrected chi connectivity index (χ4v) is 2.45. The Morgan fingerprint density at radius 2 is 1.07 bits per heavy atom. The molecule has 18 nitrogen and oxygen atoms in total. The van der Waals surface area contributed by atoms with Gasteiger partial charge in [0.1, 0.15) is 0 Å². The molecule has 0 aromatic carbocycles. The topological polar surface area (TPSA) is 282 Å². The number of ketones is 2. The van der Waals surface area contributed by atoms with Crippen molar-refractivity contribution in [3.63, 3.8) is 0 Å². The number of carbonyl (C=O) groups is 5. The maximum absolute atomic E-state index is 11.1. The number of likely N-dealkylation sites (N-methyl/N-ethyl adjacent to an activating group) is 1. The third-order valence-electron chi connectivity index (χ3n) is 4.53. The van der Waals surface area contributed by atoms with Crippen molar-refractivity contribution in [1.29, 1.82) is 0 Å². The first-order valence-electron chi connectivity index (χ1n) is 12.2. The van der Waals surface area contributed by atoms with Crippen molar-refractivity contribution in [1.82, 2.24) is 15.5 Å². The van der Waals surface area contributed by atoms with E-state index in [0.29, 0.717) is 0 Å². The van der Waals surface area contributed by atoms with E-state index in [2.05, 4.69) is 24.8 Å². The Hall–Kier alpha value is -3.87. The van der Waals surface area contributed by atoms with Crippen LogP contribution in [0.1, 0.15) is 20.8 Å². The second-order valence-corrected chi connectivity index (χ2v) is 8.18. The first-order chi connectivity index (χ1) is 19.9. The molecule has 9 N–H and O–H groups in total. The van der Waals surface area contributed by atoms with Crippen LogP contribution < -0.4 is 10.6 Å². The predicted octanol–water partition coefficient (Wildman–Crippen LogP) is -2.57. The fourth-order valence-electron chi connectivity index (χ4n) is 2.45. The molecule has 19 heteroatoms. The number of esters is 3. The minimum atomic E-state index is -1.07. The number of nitrogens with zero attached hydrogens (tertiary/aromatic N) is 1. The van der Waals surface area contributed by atoms with Crippen LogP contribution in [-0.4, -0.2) is 143 Å². The molecule has 1 unspecified atom stereocenters. The molecule has 0 aliphatic heterocycles. The minimum Gasteiger partial charge on any atom is -0.495 e. The molecule has 0 aromatic rings. The summed E-state index contributed by atoms with van der Waals surface area (Å²) in [5, 5.41) is 67.4. The Bertz CT molecular complexity index is 934. The van der Waals surface area contributed by atoms with Gasteiger partial charge < -0.3 is 65.5 Å². The van der Waals surface area contributed by atoms with E-state index in [9.17, 15) is 29.1 Å². The van der Waals surface area contributed by atoms with E-state index < -0.39 is 73.7 Å². The van der Waals surface area contributed by atoms with Crippen molar-refractivity contribution in [3.8, 4) is 0 Å². The van der Waals surface area contributed by atoms with Crippen LogP contribution in [-0.2, 0) is 55.3 Å². The Morgan fingerprint density at radius 3 is 1.30 bits per heavy atom. The molecule has 0 rings (SSSR count). The van der Waals surface area contributed by atoms with Crippen molar-refractivity contribution in [2.45, 2.75) is 45.0 Å². The second kappa shape index (κ2) is 26.7. The summed E-state index contributed by atoms with van der Waals surface area (Å²) in [6.45, 7) is 2.37. The molecular weight excluding hydrogens is 638 g/mol. The van der Waals surface area contributed by atoms with Crippen molar-refractivity contribution in [2.75, 3.05) is 48.2 Å².